The highest BCUT2D eigenvalue weighted by molar-refractivity contribution is 4.78. The van der Waals surface area contributed by atoms with Gasteiger partial charge in [-0.3, -0.25) is 0 Å². The maximum absolute atomic E-state index is 9.56. The number of aliphatic hydroxyl groups excluding tert-OH is 1. The van der Waals surface area contributed by atoms with Gasteiger partial charge in [0.15, 0.2) is 6.29 Å². The molecule has 1 aliphatic heterocycles. The van der Waals surface area contributed by atoms with Crippen LogP contribution in [0.4, 0.5) is 0 Å². The van der Waals surface area contributed by atoms with Gasteiger partial charge in [-0.05, 0) is 6.92 Å². The molecule has 0 spiro atoms. The molecule has 0 aliphatic carbocycles. The third kappa shape index (κ3) is 2.73. The molecule has 72 valence electrons. The van der Waals surface area contributed by atoms with Gasteiger partial charge in [0.25, 0.3) is 0 Å². The van der Waals surface area contributed by atoms with Crippen LogP contribution < -0.4 is 0 Å². The molecule has 3 nitrogen and oxygen atoms in total. The second-order valence-electron chi connectivity index (χ2n) is 4.43. The number of ether oxygens (including phenoxy) is 2. The first-order valence-corrected chi connectivity index (χ1v) is 4.36. The maximum atomic E-state index is 9.56. The van der Waals surface area contributed by atoms with E-state index in [1.807, 2.05) is 27.7 Å². The summed E-state index contributed by atoms with van der Waals surface area (Å²) < 4.78 is 10.4. The van der Waals surface area contributed by atoms with E-state index >= 15 is 0 Å². The van der Waals surface area contributed by atoms with E-state index in [-0.39, 0.29) is 17.6 Å². The molecule has 1 aliphatic rings. The molecule has 0 amide bonds. The number of hydrogen-bond acceptors (Lipinski definition) is 3. The molecule has 0 bridgehead atoms. The number of rotatable bonds is 3. The lowest BCUT2D eigenvalue weighted by Gasteiger charge is -2.27. The fourth-order valence-corrected chi connectivity index (χ4v) is 0.822. The fourth-order valence-electron chi connectivity index (χ4n) is 0.822. The second kappa shape index (κ2) is 3.32. The molecule has 3 atom stereocenters. The first kappa shape index (κ1) is 9.96. The van der Waals surface area contributed by atoms with Crippen molar-refractivity contribution in [2.24, 2.45) is 5.41 Å². The Bertz CT molecular complexity index is 146. The van der Waals surface area contributed by atoms with E-state index in [1.165, 1.54) is 0 Å². The zero-order valence-electron chi connectivity index (χ0n) is 8.20. The minimum Gasteiger partial charge on any atom is -0.370 e. The molecule has 0 aromatic heterocycles. The standard InChI is InChI=1S/C9H18O3/c1-6(7-5-11-7)12-8(10)9(2,3)4/h6-8,10H,5H2,1-4H3. The quantitative estimate of drug-likeness (QED) is 0.515. The van der Waals surface area contributed by atoms with Crippen LogP contribution in [-0.2, 0) is 9.47 Å². The Morgan fingerprint density at radius 2 is 2.00 bits per heavy atom. The molecule has 1 saturated heterocycles. The van der Waals surface area contributed by atoms with Gasteiger partial charge in [-0.1, -0.05) is 20.8 Å². The summed E-state index contributed by atoms with van der Waals surface area (Å²) in [4.78, 5) is 0. The van der Waals surface area contributed by atoms with Crippen molar-refractivity contribution in [2.45, 2.75) is 46.2 Å². The molecule has 12 heavy (non-hydrogen) atoms. The molecule has 1 fully saturated rings. The predicted molar refractivity (Wildman–Crippen MR) is 45.7 cm³/mol. The number of hydrogen-bond donors (Lipinski definition) is 1. The Morgan fingerprint density at radius 3 is 2.33 bits per heavy atom. The van der Waals surface area contributed by atoms with E-state index in [0.717, 1.165) is 6.61 Å². The van der Waals surface area contributed by atoms with E-state index < -0.39 is 6.29 Å². The lowest BCUT2D eigenvalue weighted by atomic mass is 9.96. The summed E-state index contributed by atoms with van der Waals surface area (Å²) in [5.41, 5.74) is -0.219. The largest absolute Gasteiger partial charge is 0.370 e. The summed E-state index contributed by atoms with van der Waals surface area (Å²) >= 11 is 0. The molecule has 0 saturated carbocycles. The normalized spacial score (nSPS) is 28.2. The third-order valence-electron chi connectivity index (χ3n) is 1.97. The minimum absolute atomic E-state index is 0.000718. The van der Waals surface area contributed by atoms with Crippen molar-refractivity contribution in [1.29, 1.82) is 0 Å². The van der Waals surface area contributed by atoms with Crippen molar-refractivity contribution < 1.29 is 14.6 Å². The molecule has 0 radical (unpaired) electrons. The molecule has 3 unspecified atom stereocenters. The van der Waals surface area contributed by atoms with Gasteiger partial charge in [0.2, 0.25) is 0 Å². The van der Waals surface area contributed by atoms with E-state index in [2.05, 4.69) is 0 Å². The van der Waals surface area contributed by atoms with E-state index in [4.69, 9.17) is 9.47 Å². The molecular formula is C9H18O3. The summed E-state index contributed by atoms with van der Waals surface area (Å²) in [5.74, 6) is 0. The van der Waals surface area contributed by atoms with Crippen molar-refractivity contribution in [3.05, 3.63) is 0 Å². The molecule has 1 rings (SSSR count). The highest BCUT2D eigenvalue weighted by Crippen LogP contribution is 2.24. The summed E-state index contributed by atoms with van der Waals surface area (Å²) in [6.07, 6.45) is -0.516. The third-order valence-corrected chi connectivity index (χ3v) is 1.97. The average molecular weight is 174 g/mol. The van der Waals surface area contributed by atoms with E-state index in [1.54, 1.807) is 0 Å². The van der Waals surface area contributed by atoms with Crippen LogP contribution in [0.15, 0.2) is 0 Å². The van der Waals surface area contributed by atoms with Crippen LogP contribution in [0.2, 0.25) is 0 Å². The number of epoxide rings is 1. The van der Waals surface area contributed by atoms with Gasteiger partial charge in [0, 0.05) is 5.41 Å². The van der Waals surface area contributed by atoms with E-state index in [9.17, 15) is 5.11 Å². The summed E-state index contributed by atoms with van der Waals surface area (Å²) in [5, 5.41) is 9.56. The topological polar surface area (TPSA) is 42.0 Å². The van der Waals surface area contributed by atoms with Crippen LogP contribution in [0, 0.1) is 5.41 Å². The summed E-state index contributed by atoms with van der Waals surface area (Å²) in [6.45, 7) is 8.51. The van der Waals surface area contributed by atoms with Crippen LogP contribution >= 0.6 is 0 Å². The Kier molecular flexibility index (Phi) is 2.76. The Morgan fingerprint density at radius 1 is 1.50 bits per heavy atom. The van der Waals surface area contributed by atoms with Gasteiger partial charge in [0.05, 0.1) is 12.7 Å². The Hall–Kier alpha value is -0.120. The zero-order valence-corrected chi connectivity index (χ0v) is 8.20. The number of aliphatic hydroxyl groups is 1. The van der Waals surface area contributed by atoms with Gasteiger partial charge in [-0.15, -0.1) is 0 Å². The van der Waals surface area contributed by atoms with Gasteiger partial charge in [0.1, 0.15) is 6.10 Å². The van der Waals surface area contributed by atoms with Crippen molar-refractivity contribution in [1.82, 2.24) is 0 Å². The Balaban J connectivity index is 2.29. The average Bonchev–Trinajstić information content (AvgIpc) is 2.65. The van der Waals surface area contributed by atoms with Crippen molar-refractivity contribution in [3.63, 3.8) is 0 Å². The zero-order chi connectivity index (χ0) is 9.35. The van der Waals surface area contributed by atoms with Crippen LogP contribution in [0.5, 0.6) is 0 Å². The lowest BCUT2D eigenvalue weighted by Crippen LogP contribution is -2.33. The van der Waals surface area contributed by atoms with Crippen LogP contribution in [0.1, 0.15) is 27.7 Å². The van der Waals surface area contributed by atoms with Gasteiger partial charge < -0.3 is 14.6 Å². The highest BCUT2D eigenvalue weighted by atomic mass is 16.6. The Labute approximate surface area is 73.7 Å². The van der Waals surface area contributed by atoms with Crippen molar-refractivity contribution >= 4 is 0 Å². The lowest BCUT2D eigenvalue weighted by molar-refractivity contribution is -0.186. The summed E-state index contributed by atoms with van der Waals surface area (Å²) in [7, 11) is 0. The summed E-state index contributed by atoms with van der Waals surface area (Å²) in [6, 6.07) is 0. The van der Waals surface area contributed by atoms with Gasteiger partial charge in [-0.25, -0.2) is 0 Å². The first-order chi connectivity index (χ1) is 5.41. The van der Waals surface area contributed by atoms with Crippen molar-refractivity contribution in [3.8, 4) is 0 Å². The molecular weight excluding hydrogens is 156 g/mol. The van der Waals surface area contributed by atoms with Crippen LogP contribution in [0.3, 0.4) is 0 Å². The van der Waals surface area contributed by atoms with Crippen LogP contribution in [-0.4, -0.2) is 30.2 Å². The maximum Gasteiger partial charge on any atom is 0.159 e. The fraction of sp³-hybridized carbons (Fsp3) is 1.00. The predicted octanol–water partition coefficient (Wildman–Crippen LogP) is 1.15. The molecule has 0 aromatic rings. The second-order valence-corrected chi connectivity index (χ2v) is 4.43. The molecule has 1 heterocycles. The highest BCUT2D eigenvalue weighted by Gasteiger charge is 2.34. The monoisotopic (exact) mass is 174 g/mol. The molecule has 1 N–H and O–H groups in total. The van der Waals surface area contributed by atoms with Crippen LogP contribution in [0.25, 0.3) is 0 Å². The SMILES string of the molecule is CC(OC(O)C(C)(C)C)C1CO1. The van der Waals surface area contributed by atoms with Gasteiger partial charge >= 0.3 is 0 Å². The van der Waals surface area contributed by atoms with Gasteiger partial charge in [-0.2, -0.15) is 0 Å². The van der Waals surface area contributed by atoms with E-state index in [0.29, 0.717) is 0 Å². The smallest absolute Gasteiger partial charge is 0.159 e. The first-order valence-electron chi connectivity index (χ1n) is 4.36. The minimum atomic E-state index is -0.711. The molecule has 3 heteroatoms. The van der Waals surface area contributed by atoms with Crippen molar-refractivity contribution in [2.75, 3.05) is 6.61 Å². The molecule has 0 aromatic carbocycles.